The van der Waals surface area contributed by atoms with Gasteiger partial charge in [-0.3, -0.25) is 10.1 Å². The highest BCUT2D eigenvalue weighted by Crippen LogP contribution is 2.24. The first kappa shape index (κ1) is 18.5. The van der Waals surface area contributed by atoms with Gasteiger partial charge >= 0.3 is 0 Å². The number of methoxy groups -OCH3 is 1. The highest BCUT2D eigenvalue weighted by molar-refractivity contribution is 6.07. The topological polar surface area (TPSA) is 62.7 Å². The number of aliphatic imine (C=N–C) groups is 1. The molecule has 1 amide bonds. The van der Waals surface area contributed by atoms with Crippen LogP contribution in [0, 0.1) is 12.3 Å². The van der Waals surface area contributed by atoms with Crippen LogP contribution >= 0.6 is 0 Å². The summed E-state index contributed by atoms with van der Waals surface area (Å²) in [6.07, 6.45) is 0. The summed E-state index contributed by atoms with van der Waals surface area (Å²) in [5.41, 5.74) is 2.00. The molecule has 0 aliphatic heterocycles. The Balaban J connectivity index is 2.38. The van der Waals surface area contributed by atoms with E-state index in [1.54, 1.807) is 7.11 Å². The molecule has 2 N–H and O–H groups in total. The van der Waals surface area contributed by atoms with E-state index in [9.17, 15) is 4.79 Å². The summed E-state index contributed by atoms with van der Waals surface area (Å²) in [7, 11) is 1.60. The molecule has 0 saturated carbocycles. The van der Waals surface area contributed by atoms with Crippen LogP contribution in [0.2, 0.25) is 0 Å². The minimum atomic E-state index is -0.533. The molecule has 2 rings (SSSR count). The lowest BCUT2D eigenvalue weighted by atomic mass is 9.96. The van der Waals surface area contributed by atoms with Crippen LogP contribution in [0.5, 0.6) is 5.75 Å². The number of carbonyl (C=O) groups is 1. The van der Waals surface area contributed by atoms with E-state index in [2.05, 4.69) is 15.6 Å². The molecular weight excluding hydrogens is 314 g/mol. The number of nitrogens with zero attached hydrogens (tertiary/aromatic N) is 1. The number of carbonyl (C=O) groups excluding carboxylic acids is 1. The molecule has 132 valence electrons. The molecule has 0 fully saturated rings. The normalized spacial score (nSPS) is 11.8. The van der Waals surface area contributed by atoms with E-state index in [1.807, 2.05) is 76.2 Å². The van der Waals surface area contributed by atoms with Crippen molar-refractivity contribution in [2.75, 3.05) is 12.4 Å². The van der Waals surface area contributed by atoms with E-state index in [4.69, 9.17) is 4.74 Å². The molecule has 0 aliphatic rings. The van der Waals surface area contributed by atoms with Crippen LogP contribution in [0.3, 0.4) is 0 Å². The summed E-state index contributed by atoms with van der Waals surface area (Å²) < 4.78 is 5.36. The second-order valence-corrected chi connectivity index (χ2v) is 6.78. The third kappa shape index (κ3) is 5.08. The van der Waals surface area contributed by atoms with E-state index in [-0.39, 0.29) is 5.91 Å². The monoisotopic (exact) mass is 339 g/mol. The Kier molecular flexibility index (Phi) is 5.80. The number of aryl methyl sites for hydroxylation is 1. The molecule has 5 heteroatoms. The van der Waals surface area contributed by atoms with Gasteiger partial charge in [-0.25, -0.2) is 4.99 Å². The second-order valence-electron chi connectivity index (χ2n) is 6.78. The number of benzene rings is 2. The number of anilines is 1. The number of guanidine groups is 1. The number of amides is 1. The van der Waals surface area contributed by atoms with Crippen molar-refractivity contribution < 1.29 is 9.53 Å². The average molecular weight is 339 g/mol. The first-order valence-electron chi connectivity index (χ1n) is 8.17. The van der Waals surface area contributed by atoms with E-state index in [0.717, 1.165) is 16.9 Å². The first-order valence-corrected chi connectivity index (χ1v) is 8.17. The molecule has 0 bridgehead atoms. The van der Waals surface area contributed by atoms with Gasteiger partial charge in [0.15, 0.2) is 0 Å². The summed E-state index contributed by atoms with van der Waals surface area (Å²) in [4.78, 5) is 17.0. The summed E-state index contributed by atoms with van der Waals surface area (Å²) in [5.74, 6) is 0.908. The molecule has 0 unspecified atom stereocenters. The molecule has 0 heterocycles. The minimum absolute atomic E-state index is 0.123. The van der Waals surface area contributed by atoms with Crippen molar-refractivity contribution >= 4 is 23.2 Å². The quantitative estimate of drug-likeness (QED) is 0.648. The van der Waals surface area contributed by atoms with Crippen LogP contribution in [0.1, 0.15) is 26.3 Å². The molecule has 0 saturated heterocycles. The fourth-order valence-electron chi connectivity index (χ4n) is 2.07. The van der Waals surface area contributed by atoms with Gasteiger partial charge in [0.05, 0.1) is 18.5 Å². The lowest BCUT2D eigenvalue weighted by molar-refractivity contribution is -0.126. The summed E-state index contributed by atoms with van der Waals surface area (Å²) in [6, 6.07) is 15.2. The Labute approximate surface area is 149 Å². The maximum atomic E-state index is 12.4. The molecule has 0 aromatic heterocycles. The zero-order valence-corrected chi connectivity index (χ0v) is 15.4. The average Bonchev–Trinajstić information content (AvgIpc) is 2.56. The number of rotatable bonds is 3. The highest BCUT2D eigenvalue weighted by Gasteiger charge is 2.23. The van der Waals surface area contributed by atoms with Gasteiger partial charge in [0.1, 0.15) is 5.75 Å². The molecule has 2 aromatic rings. The number of para-hydroxylation sites is 3. The number of hydrogen-bond donors (Lipinski definition) is 2. The molecule has 5 nitrogen and oxygen atoms in total. The van der Waals surface area contributed by atoms with Crippen molar-refractivity contribution in [3.63, 3.8) is 0 Å². The van der Waals surface area contributed by atoms with Gasteiger partial charge in [-0.2, -0.15) is 0 Å². The van der Waals surface area contributed by atoms with E-state index < -0.39 is 5.41 Å². The standard InChI is InChI=1S/C20H25N3O2/c1-14-10-6-7-11-15(14)21-19(23-18(24)20(2,3)4)22-16-12-8-9-13-17(16)25-5/h6-13H,1-5H3,(H2,21,22,23,24). The molecular formula is C20H25N3O2. The highest BCUT2D eigenvalue weighted by atomic mass is 16.5. The Morgan fingerprint density at radius 3 is 2.32 bits per heavy atom. The fourth-order valence-corrected chi connectivity index (χ4v) is 2.07. The van der Waals surface area contributed by atoms with Gasteiger partial charge in [-0.15, -0.1) is 0 Å². The number of nitrogens with one attached hydrogen (secondary N) is 2. The smallest absolute Gasteiger partial charge is 0.232 e. The van der Waals surface area contributed by atoms with E-state index in [1.165, 1.54) is 0 Å². The zero-order chi connectivity index (χ0) is 18.4. The van der Waals surface area contributed by atoms with E-state index in [0.29, 0.717) is 11.7 Å². The molecule has 2 aromatic carbocycles. The van der Waals surface area contributed by atoms with Crippen molar-refractivity contribution in [3.8, 4) is 5.75 Å². The van der Waals surface area contributed by atoms with Crippen LogP contribution in [0.15, 0.2) is 53.5 Å². The third-order valence-electron chi connectivity index (χ3n) is 3.62. The zero-order valence-electron chi connectivity index (χ0n) is 15.4. The van der Waals surface area contributed by atoms with Crippen molar-refractivity contribution in [1.82, 2.24) is 5.32 Å². The van der Waals surface area contributed by atoms with Crippen molar-refractivity contribution in [3.05, 3.63) is 54.1 Å². The van der Waals surface area contributed by atoms with Crippen LogP contribution < -0.4 is 15.4 Å². The molecule has 0 atom stereocenters. The largest absolute Gasteiger partial charge is 0.495 e. The van der Waals surface area contributed by atoms with Gasteiger partial charge in [0, 0.05) is 5.41 Å². The van der Waals surface area contributed by atoms with Crippen LogP contribution in [0.25, 0.3) is 0 Å². The van der Waals surface area contributed by atoms with Gasteiger partial charge in [-0.1, -0.05) is 51.1 Å². The summed E-state index contributed by atoms with van der Waals surface area (Å²) >= 11 is 0. The maximum absolute atomic E-state index is 12.4. The molecule has 0 aliphatic carbocycles. The summed E-state index contributed by atoms with van der Waals surface area (Å²) in [5, 5.41) is 6.05. The molecule has 25 heavy (non-hydrogen) atoms. The summed E-state index contributed by atoms with van der Waals surface area (Å²) in [6.45, 7) is 7.55. The Morgan fingerprint density at radius 2 is 1.68 bits per heavy atom. The Bertz CT molecular complexity index is 777. The van der Waals surface area contributed by atoms with Crippen molar-refractivity contribution in [2.45, 2.75) is 27.7 Å². The van der Waals surface area contributed by atoms with E-state index >= 15 is 0 Å². The first-order chi connectivity index (χ1) is 11.8. The lowest BCUT2D eigenvalue weighted by Gasteiger charge is -2.20. The van der Waals surface area contributed by atoms with Gasteiger partial charge in [-0.05, 0) is 30.7 Å². The Morgan fingerprint density at radius 1 is 1.04 bits per heavy atom. The van der Waals surface area contributed by atoms with Gasteiger partial charge in [0.25, 0.3) is 0 Å². The molecule has 0 radical (unpaired) electrons. The maximum Gasteiger partial charge on any atom is 0.232 e. The second kappa shape index (κ2) is 7.83. The third-order valence-corrected chi connectivity index (χ3v) is 3.62. The predicted octanol–water partition coefficient (Wildman–Crippen LogP) is 4.27. The van der Waals surface area contributed by atoms with Gasteiger partial charge < -0.3 is 10.1 Å². The lowest BCUT2D eigenvalue weighted by Crippen LogP contribution is -2.42. The Hall–Kier alpha value is -2.82. The number of hydrogen-bond acceptors (Lipinski definition) is 3. The predicted molar refractivity (Wildman–Crippen MR) is 102 cm³/mol. The SMILES string of the molecule is COc1ccccc1NC(=Nc1ccccc1C)NC(=O)C(C)(C)C. The minimum Gasteiger partial charge on any atom is -0.495 e. The van der Waals surface area contributed by atoms with Crippen LogP contribution in [-0.2, 0) is 4.79 Å². The van der Waals surface area contributed by atoms with Gasteiger partial charge in [0.2, 0.25) is 11.9 Å². The van der Waals surface area contributed by atoms with Crippen LogP contribution in [0.4, 0.5) is 11.4 Å². The fraction of sp³-hybridized carbons (Fsp3) is 0.300. The van der Waals surface area contributed by atoms with Crippen molar-refractivity contribution in [1.29, 1.82) is 0 Å². The number of ether oxygens (including phenoxy) is 1. The molecule has 0 spiro atoms. The van der Waals surface area contributed by atoms with Crippen molar-refractivity contribution in [2.24, 2.45) is 10.4 Å². The van der Waals surface area contributed by atoms with Crippen LogP contribution in [-0.4, -0.2) is 19.0 Å².